The van der Waals surface area contributed by atoms with Crippen LogP contribution in [0.3, 0.4) is 0 Å². The summed E-state index contributed by atoms with van der Waals surface area (Å²) in [5.74, 6) is -0.858. The summed E-state index contributed by atoms with van der Waals surface area (Å²) >= 11 is 6.26. The predicted molar refractivity (Wildman–Crippen MR) is 120 cm³/mol. The number of hydrogen-bond donors (Lipinski definition) is 1. The molecule has 152 valence electrons. The fourth-order valence-electron chi connectivity index (χ4n) is 4.33. The summed E-state index contributed by atoms with van der Waals surface area (Å²) in [6, 6.07) is 15.3. The van der Waals surface area contributed by atoms with Gasteiger partial charge in [0.05, 0.1) is 23.6 Å². The Kier molecular flexibility index (Phi) is 4.42. The first-order valence-electron chi connectivity index (χ1n) is 9.79. The maximum atomic E-state index is 13.0. The number of rotatable bonds is 4. The molecule has 0 atom stereocenters. The van der Waals surface area contributed by atoms with Gasteiger partial charge in [-0.15, -0.1) is 0 Å². The summed E-state index contributed by atoms with van der Waals surface area (Å²) < 4.78 is 3.87. The molecule has 1 aliphatic rings. The van der Waals surface area contributed by atoms with Crippen LogP contribution in [0.25, 0.3) is 33.0 Å². The SMILES string of the molecule is Cn1cc(C2=C(c3cn(CCC#N)c4ccc(Cl)cc34)C(=O)NC2=O)c2ccccc21. The van der Waals surface area contributed by atoms with Crippen molar-refractivity contribution in [3.05, 3.63) is 71.0 Å². The maximum absolute atomic E-state index is 13.0. The van der Waals surface area contributed by atoms with E-state index in [0.717, 1.165) is 21.8 Å². The number of imide groups is 1. The molecule has 0 unspecified atom stereocenters. The molecule has 0 saturated heterocycles. The minimum atomic E-state index is -0.438. The Morgan fingerprint density at radius 3 is 2.42 bits per heavy atom. The number of carbonyl (C=O) groups excluding carboxylic acids is 2. The van der Waals surface area contributed by atoms with Crippen molar-refractivity contribution in [2.45, 2.75) is 13.0 Å². The normalized spacial score (nSPS) is 14.0. The molecule has 0 radical (unpaired) electrons. The van der Waals surface area contributed by atoms with Crippen LogP contribution in [0, 0.1) is 11.3 Å². The number of nitrogens with one attached hydrogen (secondary N) is 1. The molecule has 4 aromatic rings. The quantitative estimate of drug-likeness (QED) is 0.493. The zero-order valence-corrected chi connectivity index (χ0v) is 17.4. The monoisotopic (exact) mass is 428 g/mol. The van der Waals surface area contributed by atoms with Crippen LogP contribution in [0.1, 0.15) is 17.5 Å². The van der Waals surface area contributed by atoms with E-state index in [1.165, 1.54) is 0 Å². The standard InChI is InChI=1S/C24H17ClN4O2/c1-28-12-17(15-5-2-3-6-19(15)28)21-22(24(31)27-23(21)30)18-13-29(10-4-9-26)20-8-7-14(25)11-16(18)20/h2-3,5-8,11-13H,4,10H2,1H3,(H,27,30,31). The molecule has 2 amide bonds. The molecule has 3 heterocycles. The zero-order valence-electron chi connectivity index (χ0n) is 16.6. The van der Waals surface area contributed by atoms with Crippen molar-refractivity contribution in [3.8, 4) is 6.07 Å². The maximum Gasteiger partial charge on any atom is 0.259 e. The third kappa shape index (κ3) is 2.94. The van der Waals surface area contributed by atoms with Crippen molar-refractivity contribution in [2.24, 2.45) is 7.05 Å². The summed E-state index contributed by atoms with van der Waals surface area (Å²) in [4.78, 5) is 25.9. The number of aromatic nitrogens is 2. The van der Waals surface area contributed by atoms with Gasteiger partial charge in [-0.3, -0.25) is 14.9 Å². The average Bonchev–Trinajstić information content (AvgIpc) is 3.37. The van der Waals surface area contributed by atoms with E-state index < -0.39 is 11.8 Å². The Morgan fingerprint density at radius 1 is 0.968 bits per heavy atom. The molecular formula is C24H17ClN4O2. The molecule has 0 bridgehead atoms. The van der Waals surface area contributed by atoms with Gasteiger partial charge in [0, 0.05) is 63.9 Å². The highest BCUT2D eigenvalue weighted by molar-refractivity contribution is 6.51. The predicted octanol–water partition coefficient (Wildman–Crippen LogP) is 4.27. The lowest BCUT2D eigenvalue weighted by molar-refractivity contribution is -0.122. The number of carbonyl (C=O) groups is 2. The van der Waals surface area contributed by atoms with Gasteiger partial charge in [0.25, 0.3) is 11.8 Å². The Hall–Kier alpha value is -3.82. The number of nitrogens with zero attached hydrogens (tertiary/aromatic N) is 3. The number of hydrogen-bond acceptors (Lipinski definition) is 3. The average molecular weight is 429 g/mol. The van der Waals surface area contributed by atoms with Crippen molar-refractivity contribution in [1.29, 1.82) is 5.26 Å². The Labute approximate surface area is 182 Å². The van der Waals surface area contributed by atoms with Gasteiger partial charge in [0.15, 0.2) is 0 Å². The van der Waals surface area contributed by atoms with E-state index in [1.54, 1.807) is 12.1 Å². The lowest BCUT2D eigenvalue weighted by Gasteiger charge is -2.03. The highest BCUT2D eigenvalue weighted by Crippen LogP contribution is 2.39. The van der Waals surface area contributed by atoms with Crippen molar-refractivity contribution in [3.63, 3.8) is 0 Å². The molecular weight excluding hydrogens is 412 g/mol. The first-order chi connectivity index (χ1) is 15.0. The van der Waals surface area contributed by atoms with Crippen molar-refractivity contribution < 1.29 is 9.59 Å². The first-order valence-corrected chi connectivity index (χ1v) is 10.2. The van der Waals surface area contributed by atoms with E-state index in [2.05, 4.69) is 11.4 Å². The molecule has 0 aliphatic carbocycles. The van der Waals surface area contributed by atoms with Crippen LogP contribution in [-0.4, -0.2) is 20.9 Å². The van der Waals surface area contributed by atoms with Gasteiger partial charge >= 0.3 is 0 Å². The second kappa shape index (κ2) is 7.15. The fourth-order valence-corrected chi connectivity index (χ4v) is 4.51. The van der Waals surface area contributed by atoms with Gasteiger partial charge in [0.1, 0.15) is 0 Å². The number of fused-ring (bicyclic) bond motifs is 2. The number of benzene rings is 2. The third-order valence-corrected chi connectivity index (χ3v) is 5.91. The molecule has 6 nitrogen and oxygen atoms in total. The Morgan fingerprint density at radius 2 is 1.68 bits per heavy atom. The van der Waals surface area contributed by atoms with Gasteiger partial charge in [-0.25, -0.2) is 0 Å². The Balaban J connectivity index is 1.83. The molecule has 0 saturated carbocycles. The summed E-state index contributed by atoms with van der Waals surface area (Å²) in [6.07, 6.45) is 4.03. The van der Waals surface area contributed by atoms with Crippen molar-refractivity contribution >= 4 is 56.4 Å². The molecule has 7 heteroatoms. The van der Waals surface area contributed by atoms with Gasteiger partial charge in [-0.05, 0) is 24.3 Å². The number of amides is 2. The van der Waals surface area contributed by atoms with E-state index in [9.17, 15) is 9.59 Å². The molecule has 1 aliphatic heterocycles. The molecule has 2 aromatic carbocycles. The molecule has 2 aromatic heterocycles. The smallest absolute Gasteiger partial charge is 0.259 e. The zero-order chi connectivity index (χ0) is 21.7. The summed E-state index contributed by atoms with van der Waals surface area (Å²) in [5.41, 5.74) is 3.83. The fraction of sp³-hybridized carbons (Fsp3) is 0.125. The molecule has 0 fully saturated rings. The van der Waals surface area contributed by atoms with Gasteiger partial charge in [-0.2, -0.15) is 5.26 Å². The van der Waals surface area contributed by atoms with Crippen LogP contribution in [0.4, 0.5) is 0 Å². The second-order valence-corrected chi connectivity index (χ2v) is 7.95. The first kappa shape index (κ1) is 19.2. The van der Waals surface area contributed by atoms with Crippen LogP contribution in [0.2, 0.25) is 5.02 Å². The highest BCUT2D eigenvalue weighted by Gasteiger charge is 2.35. The van der Waals surface area contributed by atoms with Crippen molar-refractivity contribution in [1.82, 2.24) is 14.5 Å². The molecule has 0 spiro atoms. The topological polar surface area (TPSA) is 79.8 Å². The number of nitriles is 1. The summed E-state index contributed by atoms with van der Waals surface area (Å²) in [5, 5.41) is 13.7. The van der Waals surface area contributed by atoms with Crippen molar-refractivity contribution in [2.75, 3.05) is 0 Å². The van der Waals surface area contributed by atoms with E-state index in [0.29, 0.717) is 40.3 Å². The van der Waals surface area contributed by atoms with Crippen LogP contribution in [0.15, 0.2) is 54.9 Å². The molecule has 1 N–H and O–H groups in total. The number of para-hydroxylation sites is 1. The van der Waals surface area contributed by atoms with Gasteiger partial charge < -0.3 is 9.13 Å². The van der Waals surface area contributed by atoms with E-state index in [1.807, 2.05) is 58.9 Å². The number of halogens is 1. The van der Waals surface area contributed by atoms with Crippen LogP contribution < -0.4 is 5.32 Å². The van der Waals surface area contributed by atoms with E-state index in [-0.39, 0.29) is 0 Å². The molecule has 31 heavy (non-hydrogen) atoms. The van der Waals surface area contributed by atoms with Crippen LogP contribution >= 0.6 is 11.6 Å². The van der Waals surface area contributed by atoms with Gasteiger partial charge in [0.2, 0.25) is 0 Å². The van der Waals surface area contributed by atoms with Crippen LogP contribution in [0.5, 0.6) is 0 Å². The van der Waals surface area contributed by atoms with E-state index in [4.69, 9.17) is 16.9 Å². The minimum Gasteiger partial charge on any atom is -0.350 e. The largest absolute Gasteiger partial charge is 0.350 e. The number of aryl methyl sites for hydroxylation is 2. The van der Waals surface area contributed by atoms with E-state index >= 15 is 0 Å². The van der Waals surface area contributed by atoms with Gasteiger partial charge in [-0.1, -0.05) is 29.8 Å². The lowest BCUT2D eigenvalue weighted by Crippen LogP contribution is -2.22. The second-order valence-electron chi connectivity index (χ2n) is 7.51. The highest BCUT2D eigenvalue weighted by atomic mass is 35.5. The third-order valence-electron chi connectivity index (χ3n) is 5.67. The summed E-state index contributed by atoms with van der Waals surface area (Å²) in [7, 11) is 1.91. The molecule has 5 rings (SSSR count). The van der Waals surface area contributed by atoms with Crippen LogP contribution in [-0.2, 0) is 23.2 Å². The summed E-state index contributed by atoms with van der Waals surface area (Å²) in [6.45, 7) is 0.473. The lowest BCUT2D eigenvalue weighted by atomic mass is 9.95. The minimum absolute atomic E-state index is 0.323. The Bertz CT molecular complexity index is 1480.